The van der Waals surface area contributed by atoms with Gasteiger partial charge < -0.3 is 20.5 Å². The van der Waals surface area contributed by atoms with Crippen LogP contribution >= 0.6 is 11.6 Å². The molecule has 2 aromatic rings. The molecule has 0 bridgehead atoms. The molecule has 25 heavy (non-hydrogen) atoms. The first-order chi connectivity index (χ1) is 12.0. The summed E-state index contributed by atoms with van der Waals surface area (Å²) in [5.41, 5.74) is 7.55. The van der Waals surface area contributed by atoms with Crippen LogP contribution in [0.3, 0.4) is 0 Å². The van der Waals surface area contributed by atoms with Gasteiger partial charge in [0.15, 0.2) is 5.96 Å². The zero-order valence-corrected chi connectivity index (χ0v) is 14.7. The predicted molar refractivity (Wildman–Crippen MR) is 97.3 cm³/mol. The highest BCUT2D eigenvalue weighted by atomic mass is 35.5. The van der Waals surface area contributed by atoms with Crippen LogP contribution in [0.2, 0.25) is 5.02 Å². The molecule has 0 amide bonds. The molecule has 0 saturated heterocycles. The highest BCUT2D eigenvalue weighted by Crippen LogP contribution is 2.44. The standard InChI is InChI=1S/C18H19ClFN3O2/c1-24-11-4-6-17(25-2)16(8-11)23-18(21)22-15-9-12(15)10-3-5-13(19)14(20)7-10/h3-8,12,15H,9H2,1-2H3,(H3,21,22,23)/t12-,15+/m0/s1. The van der Waals surface area contributed by atoms with Crippen LogP contribution in [0, 0.1) is 5.82 Å². The molecule has 2 atom stereocenters. The lowest BCUT2D eigenvalue weighted by Crippen LogP contribution is -2.23. The number of nitrogens with two attached hydrogens (primary N) is 1. The Labute approximate surface area is 150 Å². The Morgan fingerprint density at radius 1 is 1.24 bits per heavy atom. The number of ether oxygens (including phenoxy) is 2. The van der Waals surface area contributed by atoms with Gasteiger partial charge in [0, 0.05) is 12.0 Å². The van der Waals surface area contributed by atoms with Gasteiger partial charge in [-0.05, 0) is 36.2 Å². The molecule has 3 N–H and O–H groups in total. The lowest BCUT2D eigenvalue weighted by Gasteiger charge is -2.12. The maximum atomic E-state index is 13.6. The third-order valence-electron chi connectivity index (χ3n) is 4.10. The number of nitrogens with one attached hydrogen (secondary N) is 1. The fourth-order valence-corrected chi connectivity index (χ4v) is 2.80. The van der Waals surface area contributed by atoms with Crippen LogP contribution in [0.4, 0.5) is 10.1 Å². The number of aliphatic imine (C=N–C) groups is 1. The van der Waals surface area contributed by atoms with E-state index in [1.54, 1.807) is 38.5 Å². The maximum Gasteiger partial charge on any atom is 0.193 e. The van der Waals surface area contributed by atoms with E-state index >= 15 is 0 Å². The van der Waals surface area contributed by atoms with Gasteiger partial charge in [0.25, 0.3) is 0 Å². The van der Waals surface area contributed by atoms with E-state index in [9.17, 15) is 4.39 Å². The molecule has 0 aromatic heterocycles. The monoisotopic (exact) mass is 363 g/mol. The molecule has 0 unspecified atom stereocenters. The minimum absolute atomic E-state index is 0.0182. The number of halogens is 2. The molecular weight excluding hydrogens is 345 g/mol. The first kappa shape index (κ1) is 17.4. The van der Waals surface area contributed by atoms with Gasteiger partial charge in [-0.1, -0.05) is 17.7 Å². The number of rotatable bonds is 5. The van der Waals surface area contributed by atoms with Gasteiger partial charge >= 0.3 is 0 Å². The molecule has 132 valence electrons. The summed E-state index contributed by atoms with van der Waals surface area (Å²) in [6, 6.07) is 10.2. The van der Waals surface area contributed by atoms with Gasteiger partial charge in [-0.3, -0.25) is 0 Å². The number of anilines is 1. The number of methoxy groups -OCH3 is 2. The van der Waals surface area contributed by atoms with Crippen molar-refractivity contribution in [3.63, 3.8) is 0 Å². The second-order valence-electron chi connectivity index (χ2n) is 5.79. The van der Waals surface area contributed by atoms with Gasteiger partial charge in [-0.25, -0.2) is 9.38 Å². The van der Waals surface area contributed by atoms with Crippen molar-refractivity contribution in [2.45, 2.75) is 18.4 Å². The number of nitrogens with zero attached hydrogens (tertiary/aromatic N) is 1. The lowest BCUT2D eigenvalue weighted by molar-refractivity contribution is 0.405. The second-order valence-corrected chi connectivity index (χ2v) is 6.20. The quantitative estimate of drug-likeness (QED) is 0.626. The average molecular weight is 364 g/mol. The molecule has 0 aliphatic heterocycles. The van der Waals surface area contributed by atoms with Gasteiger partial charge in [-0.15, -0.1) is 0 Å². The molecule has 1 aliphatic rings. The zero-order valence-electron chi connectivity index (χ0n) is 13.9. The summed E-state index contributed by atoms with van der Waals surface area (Å²) < 4.78 is 24.1. The van der Waals surface area contributed by atoms with E-state index < -0.39 is 5.82 Å². The number of guanidine groups is 1. The molecule has 0 radical (unpaired) electrons. The largest absolute Gasteiger partial charge is 0.497 e. The topological polar surface area (TPSA) is 68.9 Å². The Balaban J connectivity index is 1.70. The number of hydrogen-bond donors (Lipinski definition) is 2. The van der Waals surface area contributed by atoms with E-state index in [2.05, 4.69) is 10.3 Å². The molecule has 2 aromatic carbocycles. The molecule has 1 fully saturated rings. The van der Waals surface area contributed by atoms with Crippen LogP contribution in [0.1, 0.15) is 17.9 Å². The minimum atomic E-state index is -0.416. The van der Waals surface area contributed by atoms with Crippen LogP contribution < -0.4 is 20.5 Å². The van der Waals surface area contributed by atoms with E-state index in [-0.39, 0.29) is 22.9 Å². The Hall–Kier alpha value is -2.47. The van der Waals surface area contributed by atoms with E-state index in [0.717, 1.165) is 12.0 Å². The maximum absolute atomic E-state index is 13.6. The van der Waals surface area contributed by atoms with Crippen molar-refractivity contribution < 1.29 is 13.9 Å². The second kappa shape index (κ2) is 7.19. The van der Waals surface area contributed by atoms with E-state index in [0.29, 0.717) is 17.2 Å². The highest BCUT2D eigenvalue weighted by molar-refractivity contribution is 6.30. The molecule has 0 spiro atoms. The molecule has 1 aliphatic carbocycles. The van der Waals surface area contributed by atoms with Crippen LogP contribution in [0.25, 0.3) is 0 Å². The van der Waals surface area contributed by atoms with Crippen LogP contribution in [-0.2, 0) is 0 Å². The van der Waals surface area contributed by atoms with Crippen molar-refractivity contribution in [3.05, 3.63) is 52.8 Å². The minimum Gasteiger partial charge on any atom is -0.497 e. The van der Waals surface area contributed by atoms with Crippen molar-refractivity contribution in [3.8, 4) is 11.5 Å². The van der Waals surface area contributed by atoms with Gasteiger partial charge in [0.1, 0.15) is 17.3 Å². The first-order valence-corrected chi connectivity index (χ1v) is 8.17. The number of hydrogen-bond acceptors (Lipinski definition) is 3. The number of benzene rings is 2. The summed E-state index contributed by atoms with van der Waals surface area (Å²) in [6.45, 7) is 0. The molecule has 0 heterocycles. The Morgan fingerprint density at radius 3 is 2.72 bits per heavy atom. The van der Waals surface area contributed by atoms with Crippen LogP contribution in [-0.4, -0.2) is 26.2 Å². The van der Waals surface area contributed by atoms with E-state index in [1.165, 1.54) is 6.07 Å². The van der Waals surface area contributed by atoms with Crippen molar-refractivity contribution in [1.29, 1.82) is 0 Å². The smallest absolute Gasteiger partial charge is 0.193 e. The average Bonchev–Trinajstić information content (AvgIpc) is 3.36. The molecule has 1 saturated carbocycles. The normalized spacial score (nSPS) is 19.4. The summed E-state index contributed by atoms with van der Waals surface area (Å²) in [6.07, 6.45) is 0.818. The third-order valence-corrected chi connectivity index (χ3v) is 4.41. The summed E-state index contributed by atoms with van der Waals surface area (Å²) in [7, 11) is 3.16. The van der Waals surface area contributed by atoms with Crippen molar-refractivity contribution in [2.75, 3.05) is 19.5 Å². The summed E-state index contributed by atoms with van der Waals surface area (Å²) in [4.78, 5) is 4.46. The van der Waals surface area contributed by atoms with Gasteiger partial charge in [-0.2, -0.15) is 0 Å². The van der Waals surface area contributed by atoms with E-state index in [1.807, 2.05) is 6.07 Å². The SMILES string of the molecule is COc1ccc(OC)c(NC(N)=N[C@@H]2C[C@H]2c2ccc(Cl)c(F)c2)c1. The Morgan fingerprint density at radius 2 is 2.04 bits per heavy atom. The molecular formula is C18H19ClFN3O2. The fourth-order valence-electron chi connectivity index (χ4n) is 2.69. The Bertz CT molecular complexity index is 813. The molecule has 3 rings (SSSR count). The third kappa shape index (κ3) is 3.96. The van der Waals surface area contributed by atoms with Gasteiger partial charge in [0.2, 0.25) is 0 Å². The van der Waals surface area contributed by atoms with Crippen LogP contribution in [0.15, 0.2) is 41.4 Å². The van der Waals surface area contributed by atoms with E-state index in [4.69, 9.17) is 26.8 Å². The lowest BCUT2D eigenvalue weighted by atomic mass is 10.1. The molecule has 5 nitrogen and oxygen atoms in total. The highest BCUT2D eigenvalue weighted by Gasteiger charge is 2.39. The fraction of sp³-hybridized carbons (Fsp3) is 0.278. The first-order valence-electron chi connectivity index (χ1n) is 7.79. The summed E-state index contributed by atoms with van der Waals surface area (Å²) in [5.74, 6) is 1.32. The van der Waals surface area contributed by atoms with Crippen molar-refractivity contribution in [1.82, 2.24) is 0 Å². The predicted octanol–water partition coefficient (Wildman–Crippen LogP) is 3.78. The van der Waals surface area contributed by atoms with Crippen molar-refractivity contribution in [2.24, 2.45) is 10.7 Å². The summed E-state index contributed by atoms with van der Waals surface area (Å²) in [5, 5.41) is 3.15. The zero-order chi connectivity index (χ0) is 18.0. The van der Waals surface area contributed by atoms with Crippen molar-refractivity contribution >= 4 is 23.2 Å². The van der Waals surface area contributed by atoms with Gasteiger partial charge in [0.05, 0.1) is 31.0 Å². The Kier molecular flexibility index (Phi) is 4.99. The van der Waals surface area contributed by atoms with Crippen LogP contribution in [0.5, 0.6) is 11.5 Å². The summed E-state index contributed by atoms with van der Waals surface area (Å²) >= 11 is 5.72. The molecule has 7 heteroatoms.